The molecule has 0 aromatic heterocycles. The molecule has 2 unspecified atom stereocenters. The average molecular weight is 343 g/mol. The number of amides is 4. The molecule has 0 saturated carbocycles. The van der Waals surface area contributed by atoms with Gasteiger partial charge < -0.3 is 26.6 Å². The van der Waals surface area contributed by atoms with Crippen molar-refractivity contribution in [2.24, 2.45) is 0 Å². The van der Waals surface area contributed by atoms with E-state index in [1.54, 1.807) is 7.05 Å². The number of rotatable bonds is 12. The normalized spacial score (nSPS) is 12.8. The Hall–Kier alpha value is -1.83. The fourth-order valence-corrected chi connectivity index (χ4v) is 2.07. The van der Waals surface area contributed by atoms with Crippen molar-refractivity contribution < 1.29 is 14.4 Å². The van der Waals surface area contributed by atoms with Gasteiger partial charge in [-0.05, 0) is 33.7 Å². The van der Waals surface area contributed by atoms with Gasteiger partial charge >= 0.3 is 6.03 Å². The third-order valence-corrected chi connectivity index (χ3v) is 3.42. The summed E-state index contributed by atoms with van der Waals surface area (Å²) < 4.78 is 0. The summed E-state index contributed by atoms with van der Waals surface area (Å²) in [7, 11) is 1.80. The van der Waals surface area contributed by atoms with E-state index in [1.807, 2.05) is 13.8 Å². The maximum absolute atomic E-state index is 11.7. The summed E-state index contributed by atoms with van der Waals surface area (Å²) in [5.74, 6) is -0.416. The van der Waals surface area contributed by atoms with Gasteiger partial charge in [-0.1, -0.05) is 13.3 Å². The van der Waals surface area contributed by atoms with Crippen molar-refractivity contribution in [1.82, 2.24) is 26.6 Å². The fraction of sp³-hybridized carbons (Fsp3) is 0.812. The number of hydrogen-bond acceptors (Lipinski definition) is 4. The van der Waals surface area contributed by atoms with E-state index in [4.69, 9.17) is 0 Å². The molecule has 0 aromatic rings. The van der Waals surface area contributed by atoms with Gasteiger partial charge in [-0.2, -0.15) is 0 Å². The molecule has 0 radical (unpaired) electrons. The Bertz CT molecular complexity index is 390. The molecule has 0 rings (SSSR count). The Balaban J connectivity index is 3.81. The van der Waals surface area contributed by atoms with E-state index in [0.717, 1.165) is 12.8 Å². The zero-order valence-corrected chi connectivity index (χ0v) is 15.3. The highest BCUT2D eigenvalue weighted by Crippen LogP contribution is 1.98. The molecule has 0 aliphatic rings. The predicted octanol–water partition coefficient (Wildman–Crippen LogP) is 0.0947. The molecule has 0 saturated heterocycles. The Morgan fingerprint density at radius 1 is 0.875 bits per heavy atom. The second kappa shape index (κ2) is 13.6. The zero-order chi connectivity index (χ0) is 18.4. The summed E-state index contributed by atoms with van der Waals surface area (Å²) >= 11 is 0. The first kappa shape index (κ1) is 22.2. The van der Waals surface area contributed by atoms with Crippen LogP contribution in [0.2, 0.25) is 0 Å². The molecule has 0 aromatic carbocycles. The van der Waals surface area contributed by atoms with Crippen LogP contribution in [0.4, 0.5) is 4.79 Å². The molecule has 140 valence electrons. The predicted molar refractivity (Wildman–Crippen MR) is 94.7 cm³/mol. The van der Waals surface area contributed by atoms with Crippen molar-refractivity contribution in [2.45, 2.75) is 58.5 Å². The van der Waals surface area contributed by atoms with Crippen LogP contribution in [0.25, 0.3) is 0 Å². The minimum absolute atomic E-state index is 0.0284. The van der Waals surface area contributed by atoms with Crippen molar-refractivity contribution in [2.75, 3.05) is 26.7 Å². The van der Waals surface area contributed by atoms with Gasteiger partial charge in [-0.3, -0.25) is 9.59 Å². The first-order valence-electron chi connectivity index (χ1n) is 8.64. The van der Waals surface area contributed by atoms with E-state index in [-0.39, 0.29) is 42.9 Å². The fourth-order valence-electron chi connectivity index (χ4n) is 2.07. The lowest BCUT2D eigenvalue weighted by Crippen LogP contribution is -2.45. The van der Waals surface area contributed by atoms with Crippen LogP contribution in [0.3, 0.4) is 0 Å². The van der Waals surface area contributed by atoms with Crippen LogP contribution in [0.1, 0.15) is 46.5 Å². The maximum Gasteiger partial charge on any atom is 0.315 e. The Kier molecular flexibility index (Phi) is 12.6. The molecule has 2 atom stereocenters. The summed E-state index contributed by atoms with van der Waals surface area (Å²) in [5.41, 5.74) is 0. The summed E-state index contributed by atoms with van der Waals surface area (Å²) in [6.45, 7) is 7.06. The highest BCUT2D eigenvalue weighted by atomic mass is 16.2. The van der Waals surface area contributed by atoms with Crippen molar-refractivity contribution in [3.05, 3.63) is 0 Å². The Labute approximate surface area is 144 Å². The standard InChI is InChI=1S/C16H33N5O3/c1-5-6-12(2)20-16(24)21-13(3)7-8-14(22)19-11-15(23)18-10-9-17-4/h12-13,17H,5-11H2,1-4H3,(H,18,23)(H,19,22)(H2,20,21,24). The van der Waals surface area contributed by atoms with E-state index < -0.39 is 0 Å². The largest absolute Gasteiger partial charge is 0.353 e. The van der Waals surface area contributed by atoms with E-state index in [0.29, 0.717) is 19.5 Å². The van der Waals surface area contributed by atoms with Gasteiger partial charge in [0.05, 0.1) is 6.54 Å². The van der Waals surface area contributed by atoms with Gasteiger partial charge in [0.15, 0.2) is 0 Å². The first-order valence-corrected chi connectivity index (χ1v) is 8.64. The van der Waals surface area contributed by atoms with Crippen LogP contribution in [-0.4, -0.2) is 56.6 Å². The molecule has 8 heteroatoms. The van der Waals surface area contributed by atoms with Crippen molar-refractivity contribution in [1.29, 1.82) is 0 Å². The number of likely N-dealkylation sites (N-methyl/N-ethyl adjacent to an activating group) is 1. The SMILES string of the molecule is CCCC(C)NC(=O)NC(C)CCC(=O)NCC(=O)NCCNC. The van der Waals surface area contributed by atoms with Crippen LogP contribution in [0, 0.1) is 0 Å². The van der Waals surface area contributed by atoms with Crippen molar-refractivity contribution in [3.8, 4) is 0 Å². The van der Waals surface area contributed by atoms with Crippen LogP contribution in [0.5, 0.6) is 0 Å². The summed E-state index contributed by atoms with van der Waals surface area (Å²) in [4.78, 5) is 34.9. The van der Waals surface area contributed by atoms with Crippen LogP contribution < -0.4 is 26.6 Å². The highest BCUT2D eigenvalue weighted by molar-refractivity contribution is 5.84. The van der Waals surface area contributed by atoms with Gasteiger partial charge in [0.1, 0.15) is 0 Å². The van der Waals surface area contributed by atoms with E-state index in [9.17, 15) is 14.4 Å². The molecule has 0 fully saturated rings. The van der Waals surface area contributed by atoms with E-state index in [1.165, 1.54) is 0 Å². The highest BCUT2D eigenvalue weighted by Gasteiger charge is 2.12. The summed E-state index contributed by atoms with van der Waals surface area (Å²) in [6, 6.07) is -0.200. The monoisotopic (exact) mass is 343 g/mol. The smallest absolute Gasteiger partial charge is 0.315 e. The van der Waals surface area contributed by atoms with Gasteiger partial charge in [0, 0.05) is 31.6 Å². The maximum atomic E-state index is 11.7. The number of nitrogens with one attached hydrogen (secondary N) is 5. The molecule has 0 aliphatic heterocycles. The molecular formula is C16H33N5O3. The third kappa shape index (κ3) is 12.7. The average Bonchev–Trinajstić information content (AvgIpc) is 2.51. The van der Waals surface area contributed by atoms with Crippen molar-refractivity contribution >= 4 is 17.8 Å². The molecule has 0 spiro atoms. The number of hydrogen-bond donors (Lipinski definition) is 5. The lowest BCUT2D eigenvalue weighted by atomic mass is 10.1. The summed E-state index contributed by atoms with van der Waals surface area (Å²) in [6.07, 6.45) is 2.72. The van der Waals surface area contributed by atoms with Gasteiger partial charge in [0.25, 0.3) is 0 Å². The summed E-state index contributed by atoms with van der Waals surface area (Å²) in [5, 5.41) is 13.8. The van der Waals surface area contributed by atoms with Gasteiger partial charge in [-0.15, -0.1) is 0 Å². The molecule has 0 aliphatic carbocycles. The second-order valence-corrected chi connectivity index (χ2v) is 5.98. The van der Waals surface area contributed by atoms with Crippen LogP contribution >= 0.6 is 0 Å². The number of carbonyl (C=O) groups excluding carboxylic acids is 3. The lowest BCUT2D eigenvalue weighted by molar-refractivity contribution is -0.126. The number of carbonyl (C=O) groups is 3. The Morgan fingerprint density at radius 2 is 1.50 bits per heavy atom. The first-order chi connectivity index (χ1) is 11.4. The molecule has 0 bridgehead atoms. The minimum atomic E-state index is -0.215. The minimum Gasteiger partial charge on any atom is -0.353 e. The number of urea groups is 1. The second-order valence-electron chi connectivity index (χ2n) is 5.98. The zero-order valence-electron chi connectivity index (χ0n) is 15.3. The molecule has 5 N–H and O–H groups in total. The van der Waals surface area contributed by atoms with Crippen LogP contribution in [0.15, 0.2) is 0 Å². The van der Waals surface area contributed by atoms with Gasteiger partial charge in [-0.25, -0.2) is 4.79 Å². The molecular weight excluding hydrogens is 310 g/mol. The van der Waals surface area contributed by atoms with E-state index in [2.05, 4.69) is 33.5 Å². The topological polar surface area (TPSA) is 111 Å². The molecule has 8 nitrogen and oxygen atoms in total. The molecule has 0 heterocycles. The van der Waals surface area contributed by atoms with Crippen LogP contribution in [-0.2, 0) is 9.59 Å². The van der Waals surface area contributed by atoms with Gasteiger partial charge in [0.2, 0.25) is 11.8 Å². The van der Waals surface area contributed by atoms with E-state index >= 15 is 0 Å². The van der Waals surface area contributed by atoms with Crippen molar-refractivity contribution in [3.63, 3.8) is 0 Å². The molecule has 4 amide bonds. The quantitative estimate of drug-likeness (QED) is 0.323. The molecule has 24 heavy (non-hydrogen) atoms. The Morgan fingerprint density at radius 3 is 2.08 bits per heavy atom. The third-order valence-electron chi connectivity index (χ3n) is 3.42. The lowest BCUT2D eigenvalue weighted by Gasteiger charge is -2.17.